The number of nitrogens with one attached hydrogen (secondary N) is 1. The zero-order valence-electron chi connectivity index (χ0n) is 16.8. The second-order valence-electron chi connectivity index (χ2n) is 6.71. The van der Waals surface area contributed by atoms with E-state index < -0.39 is 24.3 Å². The minimum absolute atomic E-state index is 0.237. The molecule has 0 aliphatic rings. The van der Waals surface area contributed by atoms with Crippen LogP contribution in [-0.2, 0) is 16.1 Å². The minimum Gasteiger partial charge on any atom is -0.489 e. The fourth-order valence-electron chi connectivity index (χ4n) is 2.66. The molecule has 0 aliphatic carbocycles. The standard InChI is InChI=1S/C22H21FN2O5/c1-13-7-8-17(10-20(13)23)24-21(26)12-29-22(27)16-5-4-6-18(9-16)28-11-19-14(2)25-30-15(19)3/h4-10H,11-12H2,1-3H3,(H,24,26). The number of halogens is 1. The van der Waals surface area contributed by atoms with Crippen LogP contribution in [0, 0.1) is 26.6 Å². The molecule has 0 saturated carbocycles. The third kappa shape index (κ3) is 5.22. The van der Waals surface area contributed by atoms with Gasteiger partial charge in [0.1, 0.15) is 23.9 Å². The quantitative estimate of drug-likeness (QED) is 0.587. The zero-order chi connectivity index (χ0) is 21.7. The fourth-order valence-corrected chi connectivity index (χ4v) is 2.66. The molecule has 30 heavy (non-hydrogen) atoms. The van der Waals surface area contributed by atoms with Gasteiger partial charge in [0, 0.05) is 5.69 Å². The first kappa shape index (κ1) is 21.0. The molecular formula is C22H21FN2O5. The number of esters is 1. The predicted octanol–water partition coefficient (Wildman–Crippen LogP) is 4.11. The lowest BCUT2D eigenvalue weighted by molar-refractivity contribution is -0.119. The van der Waals surface area contributed by atoms with Gasteiger partial charge in [-0.2, -0.15) is 0 Å². The summed E-state index contributed by atoms with van der Waals surface area (Å²) in [5, 5.41) is 6.35. The molecule has 0 radical (unpaired) electrons. The monoisotopic (exact) mass is 412 g/mol. The minimum atomic E-state index is -0.678. The Hall–Kier alpha value is -3.68. The Balaban J connectivity index is 1.54. The highest BCUT2D eigenvalue weighted by atomic mass is 19.1. The van der Waals surface area contributed by atoms with Gasteiger partial charge in [0.2, 0.25) is 0 Å². The second-order valence-corrected chi connectivity index (χ2v) is 6.71. The lowest BCUT2D eigenvalue weighted by Gasteiger charge is -2.09. The number of aromatic nitrogens is 1. The number of hydrogen-bond donors (Lipinski definition) is 1. The number of carbonyl (C=O) groups is 2. The number of anilines is 1. The van der Waals surface area contributed by atoms with Crippen molar-refractivity contribution in [3.63, 3.8) is 0 Å². The summed E-state index contributed by atoms with van der Waals surface area (Å²) in [7, 11) is 0. The molecule has 1 N–H and O–H groups in total. The van der Waals surface area contributed by atoms with Crippen LogP contribution in [0.5, 0.6) is 5.75 Å². The van der Waals surface area contributed by atoms with Gasteiger partial charge in [0.05, 0.1) is 16.8 Å². The van der Waals surface area contributed by atoms with E-state index >= 15 is 0 Å². The van der Waals surface area contributed by atoms with Crippen molar-refractivity contribution >= 4 is 17.6 Å². The van der Waals surface area contributed by atoms with Crippen LogP contribution in [0.1, 0.15) is 32.9 Å². The average Bonchev–Trinajstić information content (AvgIpc) is 3.05. The molecule has 0 unspecified atom stereocenters. The van der Waals surface area contributed by atoms with Crippen molar-refractivity contribution in [2.75, 3.05) is 11.9 Å². The first-order chi connectivity index (χ1) is 14.3. The van der Waals surface area contributed by atoms with Gasteiger partial charge in [-0.05, 0) is 56.7 Å². The first-order valence-corrected chi connectivity index (χ1v) is 9.21. The lowest BCUT2D eigenvalue weighted by Crippen LogP contribution is -2.21. The third-order valence-corrected chi connectivity index (χ3v) is 4.42. The van der Waals surface area contributed by atoms with E-state index in [0.29, 0.717) is 17.1 Å². The maximum Gasteiger partial charge on any atom is 0.338 e. The summed E-state index contributed by atoms with van der Waals surface area (Å²) in [5.41, 5.74) is 2.57. The smallest absolute Gasteiger partial charge is 0.338 e. The van der Waals surface area contributed by atoms with Crippen LogP contribution >= 0.6 is 0 Å². The number of aryl methyl sites for hydroxylation is 3. The van der Waals surface area contributed by atoms with Crippen molar-refractivity contribution in [1.29, 1.82) is 0 Å². The van der Waals surface area contributed by atoms with Crippen LogP contribution in [0.15, 0.2) is 47.0 Å². The molecule has 1 heterocycles. The number of amides is 1. The highest BCUT2D eigenvalue weighted by Gasteiger charge is 2.13. The second kappa shape index (κ2) is 9.21. The van der Waals surface area contributed by atoms with Crippen LogP contribution in [0.25, 0.3) is 0 Å². The van der Waals surface area contributed by atoms with Crippen LogP contribution < -0.4 is 10.1 Å². The van der Waals surface area contributed by atoms with Crippen LogP contribution in [0.3, 0.4) is 0 Å². The molecular weight excluding hydrogens is 391 g/mol. The number of rotatable bonds is 7. The number of ether oxygens (including phenoxy) is 2. The van der Waals surface area contributed by atoms with Gasteiger partial charge in [-0.15, -0.1) is 0 Å². The largest absolute Gasteiger partial charge is 0.489 e. The van der Waals surface area contributed by atoms with Gasteiger partial charge in [-0.3, -0.25) is 4.79 Å². The Bertz CT molecular complexity index is 1060. The summed E-state index contributed by atoms with van der Waals surface area (Å²) >= 11 is 0. The van der Waals surface area contributed by atoms with E-state index in [4.69, 9.17) is 14.0 Å². The normalized spacial score (nSPS) is 10.5. The molecule has 0 atom stereocenters. The maximum atomic E-state index is 13.5. The molecule has 7 nitrogen and oxygen atoms in total. The molecule has 0 fully saturated rings. The Labute approximate surface area is 172 Å². The highest BCUT2D eigenvalue weighted by molar-refractivity contribution is 5.95. The highest BCUT2D eigenvalue weighted by Crippen LogP contribution is 2.19. The molecule has 0 spiro atoms. The van der Waals surface area contributed by atoms with Crippen molar-refractivity contribution in [3.05, 3.63) is 76.4 Å². The number of carbonyl (C=O) groups excluding carboxylic acids is 2. The van der Waals surface area contributed by atoms with E-state index in [1.54, 1.807) is 44.2 Å². The van der Waals surface area contributed by atoms with Crippen molar-refractivity contribution in [3.8, 4) is 5.75 Å². The third-order valence-electron chi connectivity index (χ3n) is 4.42. The van der Waals surface area contributed by atoms with Gasteiger partial charge in [-0.1, -0.05) is 17.3 Å². The molecule has 1 aromatic heterocycles. The molecule has 8 heteroatoms. The average molecular weight is 412 g/mol. The van der Waals surface area contributed by atoms with E-state index in [0.717, 1.165) is 11.3 Å². The summed E-state index contributed by atoms with van der Waals surface area (Å²) in [6.07, 6.45) is 0. The summed E-state index contributed by atoms with van der Waals surface area (Å²) in [6.45, 7) is 4.98. The summed E-state index contributed by atoms with van der Waals surface area (Å²) in [5.74, 6) is -0.551. The molecule has 156 valence electrons. The Morgan fingerprint density at radius 2 is 1.93 bits per heavy atom. The van der Waals surface area contributed by atoms with Crippen molar-refractivity contribution in [1.82, 2.24) is 5.16 Å². The molecule has 3 aromatic rings. The Morgan fingerprint density at radius 3 is 2.63 bits per heavy atom. The Kier molecular flexibility index (Phi) is 6.46. The van der Waals surface area contributed by atoms with E-state index in [9.17, 15) is 14.0 Å². The van der Waals surface area contributed by atoms with Crippen LogP contribution in [0.4, 0.5) is 10.1 Å². The van der Waals surface area contributed by atoms with Crippen molar-refractivity contribution in [2.45, 2.75) is 27.4 Å². The maximum absolute atomic E-state index is 13.5. The molecule has 3 rings (SSSR count). The van der Waals surface area contributed by atoms with Gasteiger partial charge in [0.25, 0.3) is 5.91 Å². The van der Waals surface area contributed by atoms with Crippen molar-refractivity contribution < 1.29 is 28.0 Å². The number of nitrogens with zero attached hydrogens (tertiary/aromatic N) is 1. The van der Waals surface area contributed by atoms with Crippen LogP contribution in [-0.4, -0.2) is 23.6 Å². The van der Waals surface area contributed by atoms with Crippen LogP contribution in [0.2, 0.25) is 0 Å². The topological polar surface area (TPSA) is 90.7 Å². The van der Waals surface area contributed by atoms with E-state index in [1.807, 2.05) is 6.92 Å². The van der Waals surface area contributed by atoms with Gasteiger partial charge < -0.3 is 19.3 Å². The predicted molar refractivity (Wildman–Crippen MR) is 107 cm³/mol. The molecule has 2 aromatic carbocycles. The SMILES string of the molecule is Cc1ccc(NC(=O)COC(=O)c2cccc(OCc3c(C)noc3C)c2)cc1F. The molecule has 0 aliphatic heterocycles. The fraction of sp³-hybridized carbons (Fsp3) is 0.227. The van der Waals surface area contributed by atoms with E-state index in [2.05, 4.69) is 10.5 Å². The number of benzene rings is 2. The Morgan fingerprint density at radius 1 is 1.13 bits per heavy atom. The van der Waals surface area contributed by atoms with Crippen molar-refractivity contribution in [2.24, 2.45) is 0 Å². The molecule has 0 bridgehead atoms. The van der Waals surface area contributed by atoms with Gasteiger partial charge >= 0.3 is 5.97 Å². The van der Waals surface area contributed by atoms with Gasteiger partial charge in [0.15, 0.2) is 6.61 Å². The lowest BCUT2D eigenvalue weighted by atomic mass is 10.2. The van der Waals surface area contributed by atoms with E-state index in [-0.39, 0.29) is 17.9 Å². The summed E-state index contributed by atoms with van der Waals surface area (Å²) < 4.78 is 29.4. The zero-order valence-corrected chi connectivity index (χ0v) is 16.8. The number of hydrogen-bond acceptors (Lipinski definition) is 6. The first-order valence-electron chi connectivity index (χ1n) is 9.21. The molecule has 1 amide bonds. The summed E-state index contributed by atoms with van der Waals surface area (Å²) in [6, 6.07) is 10.7. The van der Waals surface area contributed by atoms with Gasteiger partial charge in [-0.25, -0.2) is 9.18 Å². The summed E-state index contributed by atoms with van der Waals surface area (Å²) in [4.78, 5) is 24.2. The van der Waals surface area contributed by atoms with E-state index in [1.165, 1.54) is 12.1 Å². The molecule has 0 saturated heterocycles.